The fraction of sp³-hybridized carbons (Fsp3) is 0.0526. The zero-order valence-electron chi connectivity index (χ0n) is 14.7. The molecule has 29 heavy (non-hydrogen) atoms. The van der Waals surface area contributed by atoms with Crippen LogP contribution in [0.15, 0.2) is 64.1 Å². The van der Waals surface area contributed by atoms with Crippen molar-refractivity contribution in [2.45, 2.75) is 0 Å². The first-order valence-electron chi connectivity index (χ1n) is 8.17. The Hall–Kier alpha value is -3.72. The van der Waals surface area contributed by atoms with Gasteiger partial charge in [0.25, 0.3) is 5.91 Å². The lowest BCUT2D eigenvalue weighted by atomic mass is 10.2. The first-order valence-corrected chi connectivity index (χ1v) is 8.54. The fourth-order valence-corrected chi connectivity index (χ4v) is 2.46. The van der Waals surface area contributed by atoms with Crippen molar-refractivity contribution in [3.05, 3.63) is 81.3 Å². The molecule has 8 nitrogen and oxygen atoms in total. The van der Waals surface area contributed by atoms with Crippen molar-refractivity contribution in [2.24, 2.45) is 5.10 Å². The van der Waals surface area contributed by atoms with E-state index < -0.39 is 17.4 Å². The molecule has 10 heteroatoms. The largest absolute Gasteiger partial charge is 0.477 e. The summed E-state index contributed by atoms with van der Waals surface area (Å²) >= 11 is 5.71. The van der Waals surface area contributed by atoms with Crippen molar-refractivity contribution in [1.82, 2.24) is 5.43 Å². The van der Waals surface area contributed by atoms with E-state index >= 15 is 0 Å². The Bertz CT molecular complexity index is 1070. The fourth-order valence-electron chi connectivity index (χ4n) is 2.29. The highest BCUT2D eigenvalue weighted by atomic mass is 35.5. The topological polar surface area (TPSA) is 107 Å². The number of amides is 1. The smallest absolute Gasteiger partial charge is 0.312 e. The van der Waals surface area contributed by atoms with Crippen LogP contribution in [0.4, 0.5) is 10.1 Å². The molecule has 148 valence electrons. The standard InChI is InChI=1S/C19H13ClFN3O5/c20-13-3-7-18(16(9-13)24(26)27)28-11-19(25)23-22-10-15-6-8-17(29-15)12-1-4-14(21)5-2-12/h1-10H,11H2,(H,23,25). The highest BCUT2D eigenvalue weighted by molar-refractivity contribution is 6.30. The van der Waals surface area contributed by atoms with Crippen LogP contribution in [0.2, 0.25) is 5.02 Å². The second kappa shape index (κ2) is 8.98. The predicted octanol–water partition coefficient (Wildman–Crippen LogP) is 4.18. The first kappa shape index (κ1) is 20.0. The molecule has 2 aromatic carbocycles. The Morgan fingerprint density at radius 2 is 2.00 bits per heavy atom. The number of hydrogen-bond acceptors (Lipinski definition) is 6. The summed E-state index contributed by atoms with van der Waals surface area (Å²) in [7, 11) is 0. The third-order valence-corrected chi connectivity index (χ3v) is 3.85. The van der Waals surface area contributed by atoms with E-state index in [1.807, 2.05) is 0 Å². The number of carbonyl (C=O) groups excluding carboxylic acids is 1. The van der Waals surface area contributed by atoms with Gasteiger partial charge in [-0.25, -0.2) is 9.82 Å². The van der Waals surface area contributed by atoms with Crippen molar-refractivity contribution in [1.29, 1.82) is 0 Å². The minimum absolute atomic E-state index is 0.0893. The van der Waals surface area contributed by atoms with Crippen molar-refractivity contribution < 1.29 is 23.3 Å². The van der Waals surface area contributed by atoms with Crippen molar-refractivity contribution in [2.75, 3.05) is 6.61 Å². The lowest BCUT2D eigenvalue weighted by molar-refractivity contribution is -0.385. The molecule has 0 bridgehead atoms. The van der Waals surface area contributed by atoms with Crippen LogP contribution in [0.5, 0.6) is 5.75 Å². The molecule has 0 aliphatic rings. The number of carbonyl (C=O) groups is 1. The van der Waals surface area contributed by atoms with Crippen LogP contribution >= 0.6 is 11.6 Å². The predicted molar refractivity (Wildman–Crippen MR) is 103 cm³/mol. The van der Waals surface area contributed by atoms with Gasteiger partial charge < -0.3 is 9.15 Å². The molecule has 1 aromatic heterocycles. The van der Waals surface area contributed by atoms with Gasteiger partial charge in [-0.05, 0) is 48.5 Å². The summed E-state index contributed by atoms with van der Waals surface area (Å²) in [6.45, 7) is -0.487. The quantitative estimate of drug-likeness (QED) is 0.352. The van der Waals surface area contributed by atoms with Crippen molar-refractivity contribution >= 4 is 29.4 Å². The maximum absolute atomic E-state index is 13.0. The summed E-state index contributed by atoms with van der Waals surface area (Å²) < 4.78 is 23.6. The number of benzene rings is 2. The van der Waals surface area contributed by atoms with Crippen molar-refractivity contribution in [3.63, 3.8) is 0 Å². The third kappa shape index (κ3) is 5.39. The van der Waals surface area contributed by atoms with Crippen LogP contribution in [0, 0.1) is 15.9 Å². The zero-order chi connectivity index (χ0) is 20.8. The molecule has 0 saturated heterocycles. The maximum atomic E-state index is 13.0. The molecule has 0 unspecified atom stereocenters. The molecule has 3 rings (SSSR count). The molecule has 1 N–H and O–H groups in total. The van der Waals surface area contributed by atoms with E-state index in [1.54, 1.807) is 24.3 Å². The Morgan fingerprint density at radius 3 is 2.72 bits per heavy atom. The molecular weight excluding hydrogens is 405 g/mol. The highest BCUT2D eigenvalue weighted by Crippen LogP contribution is 2.29. The van der Waals surface area contributed by atoms with Gasteiger partial charge in [-0.15, -0.1) is 0 Å². The normalized spacial score (nSPS) is 10.8. The average Bonchev–Trinajstić information content (AvgIpc) is 3.16. The molecule has 1 amide bonds. The van der Waals surface area contributed by atoms with Crippen LogP contribution in [0.1, 0.15) is 5.76 Å². The number of nitro benzene ring substituents is 1. The number of nitro groups is 1. The van der Waals surface area contributed by atoms with E-state index in [9.17, 15) is 19.3 Å². The van der Waals surface area contributed by atoms with E-state index in [1.165, 1.54) is 30.5 Å². The molecular formula is C19H13ClFN3O5. The Balaban J connectivity index is 1.54. The lowest BCUT2D eigenvalue weighted by Gasteiger charge is -2.05. The number of rotatable bonds is 7. The van der Waals surface area contributed by atoms with Gasteiger partial charge in [-0.3, -0.25) is 14.9 Å². The molecule has 0 aliphatic carbocycles. The van der Waals surface area contributed by atoms with Gasteiger partial charge >= 0.3 is 5.69 Å². The summed E-state index contributed by atoms with van der Waals surface area (Å²) in [6.07, 6.45) is 1.27. The van der Waals surface area contributed by atoms with E-state index in [2.05, 4.69) is 10.5 Å². The van der Waals surface area contributed by atoms with E-state index in [0.29, 0.717) is 17.1 Å². The first-order chi connectivity index (χ1) is 13.9. The van der Waals surface area contributed by atoms with Crippen LogP contribution in [0.25, 0.3) is 11.3 Å². The van der Waals surface area contributed by atoms with Gasteiger partial charge in [0.1, 0.15) is 17.3 Å². The van der Waals surface area contributed by atoms with Gasteiger partial charge in [0, 0.05) is 16.7 Å². The van der Waals surface area contributed by atoms with Gasteiger partial charge in [0.15, 0.2) is 12.4 Å². The SMILES string of the molecule is O=C(COc1ccc(Cl)cc1[N+](=O)[O-])NN=Cc1ccc(-c2ccc(F)cc2)o1. The number of ether oxygens (including phenoxy) is 1. The molecule has 1 heterocycles. The number of halogens is 2. The molecule has 0 atom stereocenters. The van der Waals surface area contributed by atoms with Crippen molar-refractivity contribution in [3.8, 4) is 17.1 Å². The third-order valence-electron chi connectivity index (χ3n) is 3.61. The molecule has 0 aliphatic heterocycles. The molecule has 0 saturated carbocycles. The molecule has 3 aromatic rings. The van der Waals surface area contributed by atoms with E-state index in [-0.39, 0.29) is 22.3 Å². The number of hydrogen-bond donors (Lipinski definition) is 1. The molecule has 0 fully saturated rings. The zero-order valence-corrected chi connectivity index (χ0v) is 15.4. The monoisotopic (exact) mass is 417 g/mol. The van der Waals surface area contributed by atoms with Crippen LogP contribution in [0.3, 0.4) is 0 Å². The van der Waals surface area contributed by atoms with Crippen LogP contribution < -0.4 is 10.2 Å². The summed E-state index contributed by atoms with van der Waals surface area (Å²) in [4.78, 5) is 22.1. The second-order valence-corrected chi connectivity index (χ2v) is 6.10. The maximum Gasteiger partial charge on any atom is 0.312 e. The number of hydrazone groups is 1. The van der Waals surface area contributed by atoms with Crippen LogP contribution in [-0.2, 0) is 4.79 Å². The second-order valence-electron chi connectivity index (χ2n) is 5.66. The average molecular weight is 418 g/mol. The minimum atomic E-state index is -0.660. The van der Waals surface area contributed by atoms with Gasteiger partial charge in [0.2, 0.25) is 0 Å². The van der Waals surface area contributed by atoms with Gasteiger partial charge in [0.05, 0.1) is 11.1 Å². The minimum Gasteiger partial charge on any atom is -0.477 e. The lowest BCUT2D eigenvalue weighted by Crippen LogP contribution is -2.24. The Labute approximate surface area is 168 Å². The van der Waals surface area contributed by atoms with Crippen LogP contribution in [-0.4, -0.2) is 23.7 Å². The number of nitrogens with zero attached hydrogens (tertiary/aromatic N) is 2. The summed E-state index contributed by atoms with van der Waals surface area (Å²) in [5.74, 6) is -0.199. The number of furan rings is 1. The Morgan fingerprint density at radius 1 is 1.24 bits per heavy atom. The molecule has 0 radical (unpaired) electrons. The van der Waals surface area contributed by atoms with Gasteiger partial charge in [-0.1, -0.05) is 11.6 Å². The van der Waals surface area contributed by atoms with Gasteiger partial charge in [-0.2, -0.15) is 5.10 Å². The van der Waals surface area contributed by atoms with E-state index in [4.69, 9.17) is 20.8 Å². The Kier molecular flexibility index (Phi) is 6.20. The summed E-state index contributed by atoms with van der Waals surface area (Å²) in [5, 5.41) is 14.9. The summed E-state index contributed by atoms with van der Waals surface area (Å²) in [5.41, 5.74) is 2.56. The van der Waals surface area contributed by atoms with E-state index in [0.717, 1.165) is 6.07 Å². The number of nitrogens with one attached hydrogen (secondary N) is 1. The molecule has 0 spiro atoms. The summed E-state index contributed by atoms with van der Waals surface area (Å²) in [6, 6.07) is 12.9. The highest BCUT2D eigenvalue weighted by Gasteiger charge is 2.16.